The van der Waals surface area contributed by atoms with Crippen molar-refractivity contribution in [3.63, 3.8) is 0 Å². The molecule has 1 heterocycles. The molecule has 1 aromatic carbocycles. The lowest BCUT2D eigenvalue weighted by Crippen LogP contribution is -2.21. The number of aromatic nitrogens is 1. The van der Waals surface area contributed by atoms with E-state index in [4.69, 9.17) is 16.9 Å². The first kappa shape index (κ1) is 15.3. The summed E-state index contributed by atoms with van der Waals surface area (Å²) in [4.78, 5) is 6.70. The summed E-state index contributed by atoms with van der Waals surface area (Å²) in [6.45, 7) is 9.81. The van der Waals surface area contributed by atoms with Crippen molar-refractivity contribution in [2.24, 2.45) is 0 Å². The molecule has 0 fully saturated rings. The SMILES string of the molecule is C=CC(C#N)c1cc2ccc(N(CC)CC)cc2nc1Cl. The van der Waals surface area contributed by atoms with Crippen molar-refractivity contribution in [2.45, 2.75) is 19.8 Å². The summed E-state index contributed by atoms with van der Waals surface area (Å²) >= 11 is 6.23. The van der Waals surface area contributed by atoms with E-state index in [1.807, 2.05) is 18.2 Å². The van der Waals surface area contributed by atoms with E-state index < -0.39 is 5.92 Å². The van der Waals surface area contributed by atoms with Gasteiger partial charge < -0.3 is 4.90 Å². The number of fused-ring (bicyclic) bond motifs is 1. The number of pyridine rings is 1. The fourth-order valence-corrected chi connectivity index (χ4v) is 2.66. The van der Waals surface area contributed by atoms with Gasteiger partial charge in [-0.25, -0.2) is 4.98 Å². The molecule has 0 amide bonds. The number of benzene rings is 1. The number of hydrogen-bond donors (Lipinski definition) is 0. The lowest BCUT2D eigenvalue weighted by molar-refractivity contribution is 0.867. The zero-order chi connectivity index (χ0) is 15.4. The Balaban J connectivity index is 2.54. The van der Waals surface area contributed by atoms with Gasteiger partial charge in [0.1, 0.15) is 5.15 Å². The van der Waals surface area contributed by atoms with E-state index >= 15 is 0 Å². The van der Waals surface area contributed by atoms with Crippen molar-refractivity contribution in [3.05, 3.63) is 47.6 Å². The summed E-state index contributed by atoms with van der Waals surface area (Å²) in [5.41, 5.74) is 2.68. The van der Waals surface area contributed by atoms with Gasteiger partial charge in [-0.3, -0.25) is 0 Å². The number of halogens is 1. The molecule has 0 aliphatic heterocycles. The number of rotatable bonds is 5. The fourth-order valence-electron chi connectivity index (χ4n) is 2.40. The molecule has 4 heteroatoms. The van der Waals surface area contributed by atoms with Crippen molar-refractivity contribution >= 4 is 28.2 Å². The minimum Gasteiger partial charge on any atom is -0.372 e. The zero-order valence-corrected chi connectivity index (χ0v) is 13.1. The van der Waals surface area contributed by atoms with E-state index in [1.54, 1.807) is 6.08 Å². The molecule has 1 unspecified atom stereocenters. The van der Waals surface area contributed by atoms with Gasteiger partial charge in [-0.15, -0.1) is 6.58 Å². The van der Waals surface area contributed by atoms with Crippen molar-refractivity contribution < 1.29 is 0 Å². The molecule has 3 nitrogen and oxygen atoms in total. The molecule has 0 aliphatic rings. The van der Waals surface area contributed by atoms with Crippen molar-refractivity contribution in [1.82, 2.24) is 4.98 Å². The highest BCUT2D eigenvalue weighted by atomic mass is 35.5. The van der Waals surface area contributed by atoms with E-state index in [1.165, 1.54) is 0 Å². The molecule has 108 valence electrons. The summed E-state index contributed by atoms with van der Waals surface area (Å²) in [6, 6.07) is 10.2. The number of allylic oxidation sites excluding steroid dienone is 1. The maximum absolute atomic E-state index is 9.14. The molecule has 21 heavy (non-hydrogen) atoms. The van der Waals surface area contributed by atoms with Gasteiger partial charge in [0.25, 0.3) is 0 Å². The fraction of sp³-hybridized carbons (Fsp3) is 0.294. The zero-order valence-electron chi connectivity index (χ0n) is 12.3. The highest BCUT2D eigenvalue weighted by Gasteiger charge is 2.14. The minimum absolute atomic E-state index is 0.366. The Morgan fingerprint density at radius 2 is 2.10 bits per heavy atom. The van der Waals surface area contributed by atoms with Gasteiger partial charge in [-0.1, -0.05) is 23.7 Å². The molecule has 2 aromatic rings. The Labute approximate surface area is 130 Å². The van der Waals surface area contributed by atoms with Crippen LogP contribution in [0.4, 0.5) is 5.69 Å². The molecular weight excluding hydrogens is 282 g/mol. The Morgan fingerprint density at radius 1 is 1.38 bits per heavy atom. The molecule has 0 bridgehead atoms. The van der Waals surface area contributed by atoms with Crippen LogP contribution in [0.2, 0.25) is 5.15 Å². The minimum atomic E-state index is -0.433. The molecule has 0 N–H and O–H groups in total. The highest BCUT2D eigenvalue weighted by Crippen LogP contribution is 2.29. The van der Waals surface area contributed by atoms with Crippen LogP contribution in [0.3, 0.4) is 0 Å². The van der Waals surface area contributed by atoms with Gasteiger partial charge in [0.05, 0.1) is 17.5 Å². The predicted octanol–water partition coefficient (Wildman–Crippen LogP) is 4.53. The Morgan fingerprint density at radius 3 is 2.67 bits per heavy atom. The average molecular weight is 300 g/mol. The third-order valence-corrected chi connectivity index (χ3v) is 3.92. The second-order valence-electron chi connectivity index (χ2n) is 4.76. The number of nitrogens with zero attached hydrogens (tertiary/aromatic N) is 3. The predicted molar refractivity (Wildman–Crippen MR) is 88.9 cm³/mol. The Kier molecular flexibility index (Phi) is 4.82. The average Bonchev–Trinajstić information content (AvgIpc) is 2.50. The van der Waals surface area contributed by atoms with E-state index in [-0.39, 0.29) is 0 Å². The Bertz CT molecular complexity index is 699. The van der Waals surface area contributed by atoms with E-state index in [2.05, 4.69) is 42.4 Å². The molecule has 1 aromatic heterocycles. The van der Waals surface area contributed by atoms with Crippen LogP contribution in [0.1, 0.15) is 25.3 Å². The molecule has 0 spiro atoms. The molecule has 0 radical (unpaired) electrons. The van der Waals surface area contributed by atoms with Gasteiger partial charge in [0, 0.05) is 29.7 Å². The normalized spacial score (nSPS) is 11.9. The molecule has 0 aliphatic carbocycles. The number of nitriles is 1. The maximum Gasteiger partial charge on any atom is 0.134 e. The van der Waals surface area contributed by atoms with E-state index in [0.717, 1.165) is 29.7 Å². The van der Waals surface area contributed by atoms with Crippen LogP contribution in [0.15, 0.2) is 36.9 Å². The van der Waals surface area contributed by atoms with Crippen LogP contribution >= 0.6 is 11.6 Å². The topological polar surface area (TPSA) is 39.9 Å². The third-order valence-electron chi connectivity index (χ3n) is 3.62. The Hall–Kier alpha value is -2.05. The van der Waals surface area contributed by atoms with Crippen LogP contribution in [0, 0.1) is 11.3 Å². The molecule has 1 atom stereocenters. The van der Waals surface area contributed by atoms with E-state index in [9.17, 15) is 0 Å². The first-order chi connectivity index (χ1) is 10.1. The van der Waals surface area contributed by atoms with Gasteiger partial charge >= 0.3 is 0 Å². The van der Waals surface area contributed by atoms with Crippen LogP contribution in [-0.4, -0.2) is 18.1 Å². The standard InChI is InChI=1S/C17H18ClN3/c1-4-12(11-19)15-9-13-7-8-14(21(5-2)6-3)10-16(13)20-17(15)18/h4,7-10,12H,1,5-6H2,2-3H3. The summed E-state index contributed by atoms with van der Waals surface area (Å²) in [6.07, 6.45) is 1.58. The summed E-state index contributed by atoms with van der Waals surface area (Å²) < 4.78 is 0. The maximum atomic E-state index is 9.14. The van der Waals surface area contributed by atoms with Gasteiger partial charge in [-0.05, 0) is 32.0 Å². The first-order valence-corrected chi connectivity index (χ1v) is 7.39. The van der Waals surface area contributed by atoms with Crippen LogP contribution < -0.4 is 4.90 Å². The quantitative estimate of drug-likeness (QED) is 0.601. The van der Waals surface area contributed by atoms with Crippen LogP contribution in [0.5, 0.6) is 0 Å². The largest absolute Gasteiger partial charge is 0.372 e. The van der Waals surface area contributed by atoms with Gasteiger partial charge in [-0.2, -0.15) is 5.26 Å². The lowest BCUT2D eigenvalue weighted by atomic mass is 10.0. The summed E-state index contributed by atoms with van der Waals surface area (Å²) in [5, 5.41) is 10.5. The van der Waals surface area contributed by atoms with Gasteiger partial charge in [0.2, 0.25) is 0 Å². The first-order valence-electron chi connectivity index (χ1n) is 7.01. The van der Waals surface area contributed by atoms with Gasteiger partial charge in [0.15, 0.2) is 0 Å². The number of anilines is 1. The molecule has 2 rings (SSSR count). The van der Waals surface area contributed by atoms with Crippen molar-refractivity contribution in [1.29, 1.82) is 5.26 Å². The monoisotopic (exact) mass is 299 g/mol. The molecule has 0 saturated carbocycles. The third kappa shape index (κ3) is 3.01. The van der Waals surface area contributed by atoms with Crippen LogP contribution in [-0.2, 0) is 0 Å². The molecule has 0 saturated heterocycles. The van der Waals surface area contributed by atoms with Crippen molar-refractivity contribution in [3.8, 4) is 6.07 Å². The van der Waals surface area contributed by atoms with E-state index in [0.29, 0.717) is 10.7 Å². The summed E-state index contributed by atoms with van der Waals surface area (Å²) in [5.74, 6) is -0.433. The summed E-state index contributed by atoms with van der Waals surface area (Å²) in [7, 11) is 0. The van der Waals surface area contributed by atoms with Crippen LogP contribution in [0.25, 0.3) is 10.9 Å². The molecular formula is C17H18ClN3. The van der Waals surface area contributed by atoms with Crippen molar-refractivity contribution in [2.75, 3.05) is 18.0 Å². The lowest BCUT2D eigenvalue weighted by Gasteiger charge is -2.21. The smallest absolute Gasteiger partial charge is 0.134 e. The number of hydrogen-bond acceptors (Lipinski definition) is 3. The second kappa shape index (κ2) is 6.60. The highest BCUT2D eigenvalue weighted by molar-refractivity contribution is 6.30. The second-order valence-corrected chi connectivity index (χ2v) is 5.12.